The Hall–Kier alpha value is -2.42. The van der Waals surface area contributed by atoms with Gasteiger partial charge in [0.1, 0.15) is 5.75 Å². The minimum Gasteiger partial charge on any atom is -0.497 e. The zero-order valence-corrected chi connectivity index (χ0v) is 18.5. The lowest BCUT2D eigenvalue weighted by Gasteiger charge is -2.52. The fourth-order valence-corrected chi connectivity index (χ4v) is 4.64. The van der Waals surface area contributed by atoms with Crippen molar-refractivity contribution in [3.63, 3.8) is 0 Å². The summed E-state index contributed by atoms with van der Waals surface area (Å²) in [6.07, 6.45) is 3.42. The number of rotatable bonds is 9. The van der Waals surface area contributed by atoms with E-state index in [-0.39, 0.29) is 4.90 Å². The van der Waals surface area contributed by atoms with Crippen LogP contribution in [0.15, 0.2) is 58.5 Å². The molecule has 162 valence electrons. The summed E-state index contributed by atoms with van der Waals surface area (Å²) in [5, 5.41) is 4.10. The molecule has 0 spiro atoms. The van der Waals surface area contributed by atoms with Crippen LogP contribution in [0.25, 0.3) is 0 Å². The second-order valence-corrected chi connectivity index (χ2v) is 9.39. The van der Waals surface area contributed by atoms with Crippen molar-refractivity contribution < 1.29 is 22.6 Å². The largest absolute Gasteiger partial charge is 0.497 e. The molecular weight excluding hydrogens is 404 g/mol. The van der Waals surface area contributed by atoms with Gasteiger partial charge >= 0.3 is 0 Å². The zero-order chi connectivity index (χ0) is 21.8. The molecule has 3 rings (SSSR count). The molecule has 1 aliphatic carbocycles. The quantitative estimate of drug-likeness (QED) is 0.373. The van der Waals surface area contributed by atoms with Crippen LogP contribution in [0.1, 0.15) is 24.0 Å². The fraction of sp³-hybridized carbons (Fsp3) is 0.409. The molecule has 0 aliphatic heterocycles. The number of benzene rings is 2. The summed E-state index contributed by atoms with van der Waals surface area (Å²) in [6.45, 7) is 1.90. The maximum Gasteiger partial charge on any atom is 0.276 e. The van der Waals surface area contributed by atoms with Gasteiger partial charge in [-0.25, -0.2) is 4.83 Å². The SMILES string of the molecule is COc1cccc(CC2(/C=N\NS(=O)(=O)c3ccc(C)cc3)CC(OC)(OC)C2)c1. The van der Waals surface area contributed by atoms with Gasteiger partial charge in [0.2, 0.25) is 0 Å². The van der Waals surface area contributed by atoms with Crippen molar-refractivity contribution in [1.82, 2.24) is 4.83 Å². The molecule has 0 aromatic heterocycles. The molecule has 0 amide bonds. The first kappa shape index (κ1) is 22.3. The molecule has 8 heteroatoms. The van der Waals surface area contributed by atoms with Gasteiger partial charge in [-0.1, -0.05) is 29.8 Å². The van der Waals surface area contributed by atoms with Crippen molar-refractivity contribution in [3.05, 3.63) is 59.7 Å². The normalized spacial score (nSPS) is 17.5. The summed E-state index contributed by atoms with van der Waals surface area (Å²) in [7, 11) is 1.10. The minimum absolute atomic E-state index is 0.170. The van der Waals surface area contributed by atoms with Crippen LogP contribution in [0.2, 0.25) is 0 Å². The predicted molar refractivity (Wildman–Crippen MR) is 115 cm³/mol. The molecule has 1 saturated carbocycles. The van der Waals surface area contributed by atoms with Gasteiger partial charge in [0.15, 0.2) is 5.79 Å². The lowest BCUT2D eigenvalue weighted by Crippen LogP contribution is -2.56. The van der Waals surface area contributed by atoms with E-state index in [4.69, 9.17) is 14.2 Å². The number of hydrogen-bond donors (Lipinski definition) is 1. The van der Waals surface area contributed by atoms with Crippen LogP contribution in [0.5, 0.6) is 5.75 Å². The first-order valence-electron chi connectivity index (χ1n) is 9.61. The zero-order valence-electron chi connectivity index (χ0n) is 17.7. The number of methoxy groups -OCH3 is 3. The first-order chi connectivity index (χ1) is 14.3. The molecule has 0 unspecified atom stereocenters. The number of hydrogen-bond acceptors (Lipinski definition) is 6. The van der Waals surface area contributed by atoms with E-state index >= 15 is 0 Å². The Balaban J connectivity index is 1.80. The summed E-state index contributed by atoms with van der Waals surface area (Å²) >= 11 is 0. The van der Waals surface area contributed by atoms with Crippen LogP contribution < -0.4 is 9.57 Å². The van der Waals surface area contributed by atoms with Crippen LogP contribution in [0.3, 0.4) is 0 Å². The maximum absolute atomic E-state index is 12.5. The third-order valence-electron chi connectivity index (χ3n) is 5.52. The monoisotopic (exact) mass is 432 g/mol. The number of nitrogens with zero attached hydrogens (tertiary/aromatic N) is 1. The van der Waals surface area contributed by atoms with Crippen LogP contribution >= 0.6 is 0 Å². The summed E-state index contributed by atoms with van der Waals surface area (Å²) < 4.78 is 41.4. The van der Waals surface area contributed by atoms with Crippen LogP contribution in [-0.4, -0.2) is 41.7 Å². The summed E-state index contributed by atoms with van der Waals surface area (Å²) in [4.78, 5) is 2.50. The molecule has 30 heavy (non-hydrogen) atoms. The van der Waals surface area contributed by atoms with Gasteiger partial charge in [-0.05, 0) is 43.2 Å². The molecule has 2 aromatic carbocycles. The van der Waals surface area contributed by atoms with Crippen molar-refractivity contribution in [1.29, 1.82) is 0 Å². The van der Waals surface area contributed by atoms with Gasteiger partial charge < -0.3 is 14.2 Å². The third-order valence-corrected chi connectivity index (χ3v) is 6.76. The van der Waals surface area contributed by atoms with Crippen molar-refractivity contribution in [2.45, 2.75) is 36.9 Å². The fourth-order valence-electron chi connectivity index (χ4n) is 3.85. The Morgan fingerprint density at radius 2 is 1.73 bits per heavy atom. The van der Waals surface area contributed by atoms with Gasteiger partial charge in [-0.2, -0.15) is 13.5 Å². The predicted octanol–water partition coefficient (Wildman–Crippen LogP) is 3.28. The van der Waals surface area contributed by atoms with E-state index in [0.717, 1.165) is 16.9 Å². The van der Waals surface area contributed by atoms with Crippen LogP contribution in [0.4, 0.5) is 0 Å². The summed E-state index contributed by atoms with van der Waals surface area (Å²) in [5.41, 5.74) is 1.64. The van der Waals surface area contributed by atoms with Gasteiger partial charge in [-0.3, -0.25) is 0 Å². The number of aryl methyl sites for hydroxylation is 1. The van der Waals surface area contributed by atoms with E-state index in [1.165, 1.54) is 0 Å². The van der Waals surface area contributed by atoms with Crippen molar-refractivity contribution in [2.75, 3.05) is 21.3 Å². The van der Waals surface area contributed by atoms with Gasteiger partial charge in [-0.15, -0.1) is 0 Å². The number of ether oxygens (including phenoxy) is 3. The average Bonchev–Trinajstić information content (AvgIpc) is 2.71. The lowest BCUT2D eigenvalue weighted by molar-refractivity contribution is -0.281. The smallest absolute Gasteiger partial charge is 0.276 e. The molecule has 1 aliphatic rings. The van der Waals surface area contributed by atoms with E-state index in [9.17, 15) is 8.42 Å². The molecule has 7 nitrogen and oxygen atoms in total. The number of hydrazone groups is 1. The highest BCUT2D eigenvalue weighted by molar-refractivity contribution is 7.89. The Labute approximate surface area is 178 Å². The lowest BCUT2D eigenvalue weighted by atomic mass is 9.62. The molecule has 0 bridgehead atoms. The molecule has 0 atom stereocenters. The Bertz CT molecular complexity index is 990. The molecule has 1 N–H and O–H groups in total. The van der Waals surface area contributed by atoms with Gasteiger partial charge in [0.05, 0.1) is 12.0 Å². The van der Waals surface area contributed by atoms with E-state index in [1.807, 2.05) is 31.2 Å². The molecule has 0 saturated heterocycles. The van der Waals surface area contributed by atoms with Gasteiger partial charge in [0.25, 0.3) is 10.0 Å². The Kier molecular flexibility index (Phi) is 6.50. The third kappa shape index (κ3) is 4.83. The van der Waals surface area contributed by atoms with E-state index in [0.29, 0.717) is 19.3 Å². The number of sulfonamides is 1. The molecular formula is C22H28N2O5S. The van der Waals surface area contributed by atoms with E-state index in [1.54, 1.807) is 51.8 Å². The maximum atomic E-state index is 12.5. The van der Waals surface area contributed by atoms with Crippen molar-refractivity contribution in [2.24, 2.45) is 10.5 Å². The topological polar surface area (TPSA) is 86.2 Å². The van der Waals surface area contributed by atoms with Crippen molar-refractivity contribution >= 4 is 16.2 Å². The van der Waals surface area contributed by atoms with Crippen LogP contribution in [-0.2, 0) is 25.9 Å². The Morgan fingerprint density at radius 1 is 1.07 bits per heavy atom. The highest BCUT2D eigenvalue weighted by Crippen LogP contribution is 2.51. The first-order valence-corrected chi connectivity index (χ1v) is 11.1. The van der Waals surface area contributed by atoms with Crippen molar-refractivity contribution in [3.8, 4) is 5.75 Å². The van der Waals surface area contributed by atoms with E-state index < -0.39 is 21.2 Å². The Morgan fingerprint density at radius 3 is 2.33 bits per heavy atom. The average molecular weight is 433 g/mol. The minimum atomic E-state index is -3.74. The molecule has 0 radical (unpaired) electrons. The summed E-state index contributed by atoms with van der Waals surface area (Å²) in [5.74, 6) is 0.0736. The standard InChI is InChI=1S/C22H28N2O5S/c1-17-8-10-20(11-9-17)30(25,26)24-23-16-21(14-22(15-21,28-3)29-4)13-18-6-5-7-19(12-18)27-2/h5-12,16,24H,13-15H2,1-4H3/b23-16-. The number of nitrogens with one attached hydrogen (secondary N) is 1. The summed E-state index contributed by atoms with van der Waals surface area (Å²) in [6, 6.07) is 14.4. The highest BCUT2D eigenvalue weighted by atomic mass is 32.2. The second kappa shape index (κ2) is 8.75. The molecule has 2 aromatic rings. The van der Waals surface area contributed by atoms with E-state index in [2.05, 4.69) is 9.93 Å². The molecule has 1 fully saturated rings. The van der Waals surface area contributed by atoms with Gasteiger partial charge in [0, 0.05) is 38.7 Å². The second-order valence-electron chi connectivity index (χ2n) is 7.73. The van der Waals surface area contributed by atoms with Crippen LogP contribution in [0, 0.1) is 12.3 Å². The molecule has 0 heterocycles. The highest BCUT2D eigenvalue weighted by Gasteiger charge is 2.55.